The van der Waals surface area contributed by atoms with Crippen LogP contribution in [-0.2, 0) is 0 Å². The van der Waals surface area contributed by atoms with Crippen LogP contribution in [0.15, 0.2) is 18.6 Å². The highest BCUT2D eigenvalue weighted by atomic mass is 35.5. The molecule has 1 aliphatic carbocycles. The van der Waals surface area contributed by atoms with Gasteiger partial charge in [-0.2, -0.15) is 0 Å². The molecular weight excluding hydrogens is 283 g/mol. The predicted molar refractivity (Wildman–Crippen MR) is 76.7 cm³/mol. The largest absolute Gasteiger partial charge is 0.387 e. The Morgan fingerprint density at radius 2 is 2.00 bits per heavy atom. The van der Waals surface area contributed by atoms with Crippen LogP contribution in [0, 0.1) is 5.92 Å². The van der Waals surface area contributed by atoms with Crippen LogP contribution in [0.5, 0.6) is 0 Å². The lowest BCUT2D eigenvalue weighted by molar-refractivity contribution is 0.0802. The third-order valence-electron chi connectivity index (χ3n) is 4.01. The maximum Gasteiger partial charge on any atom is 0.0995 e. The average Bonchev–Trinajstić information content (AvgIpc) is 2.88. The molecule has 3 nitrogen and oxygen atoms in total. The number of pyridine rings is 1. The molecule has 19 heavy (non-hydrogen) atoms. The highest BCUT2D eigenvalue weighted by Gasteiger charge is 2.27. The van der Waals surface area contributed by atoms with Gasteiger partial charge in [-0.1, -0.05) is 42.5 Å². The molecule has 1 atom stereocenters. The molecule has 2 heterocycles. The lowest BCUT2D eigenvalue weighted by Crippen LogP contribution is -2.18. The van der Waals surface area contributed by atoms with E-state index in [1.165, 1.54) is 19.3 Å². The summed E-state index contributed by atoms with van der Waals surface area (Å²) < 4.78 is 1.84. The van der Waals surface area contributed by atoms with Gasteiger partial charge in [0.15, 0.2) is 0 Å². The minimum atomic E-state index is -0.580. The smallest absolute Gasteiger partial charge is 0.0995 e. The molecule has 0 saturated heterocycles. The summed E-state index contributed by atoms with van der Waals surface area (Å²) >= 11 is 12.5. The molecule has 0 bridgehead atoms. The van der Waals surface area contributed by atoms with Crippen LogP contribution in [0.3, 0.4) is 0 Å². The first kappa shape index (κ1) is 13.2. The van der Waals surface area contributed by atoms with Gasteiger partial charge < -0.3 is 5.11 Å². The van der Waals surface area contributed by atoms with Crippen molar-refractivity contribution in [3.63, 3.8) is 0 Å². The maximum atomic E-state index is 10.7. The van der Waals surface area contributed by atoms with E-state index in [2.05, 4.69) is 4.98 Å². The topological polar surface area (TPSA) is 37.5 Å². The second kappa shape index (κ2) is 5.31. The summed E-state index contributed by atoms with van der Waals surface area (Å²) in [6.07, 6.45) is 8.51. The fourth-order valence-electron chi connectivity index (χ4n) is 2.98. The molecule has 3 rings (SSSR count). The minimum absolute atomic E-state index is 0.260. The van der Waals surface area contributed by atoms with E-state index in [4.69, 9.17) is 23.2 Å². The Morgan fingerprint density at radius 3 is 2.74 bits per heavy atom. The lowest BCUT2D eigenvalue weighted by atomic mass is 9.84. The maximum absolute atomic E-state index is 10.7. The molecule has 5 heteroatoms. The summed E-state index contributed by atoms with van der Waals surface area (Å²) in [4.78, 5) is 4.11. The van der Waals surface area contributed by atoms with E-state index < -0.39 is 6.10 Å². The van der Waals surface area contributed by atoms with Gasteiger partial charge in [-0.05, 0) is 24.8 Å². The molecule has 0 spiro atoms. The van der Waals surface area contributed by atoms with Crippen molar-refractivity contribution in [1.82, 2.24) is 9.38 Å². The molecule has 0 unspecified atom stereocenters. The van der Waals surface area contributed by atoms with Crippen molar-refractivity contribution in [2.24, 2.45) is 5.92 Å². The number of imidazole rings is 1. The number of fused-ring (bicyclic) bond motifs is 1. The van der Waals surface area contributed by atoms with Gasteiger partial charge in [0.05, 0.1) is 39.9 Å². The van der Waals surface area contributed by atoms with Gasteiger partial charge in [0.25, 0.3) is 0 Å². The average molecular weight is 299 g/mol. The first-order chi connectivity index (χ1) is 9.18. The second-order valence-corrected chi connectivity index (χ2v) is 6.01. The number of nitrogens with zero attached hydrogens (tertiary/aromatic N) is 2. The van der Waals surface area contributed by atoms with Gasteiger partial charge in [0.1, 0.15) is 0 Å². The molecular formula is C14H16Cl2N2O. The predicted octanol–water partition coefficient (Wildman–Crippen LogP) is 4.25. The van der Waals surface area contributed by atoms with E-state index in [1.54, 1.807) is 18.6 Å². The van der Waals surface area contributed by atoms with Gasteiger partial charge in [-0.3, -0.25) is 4.40 Å². The van der Waals surface area contributed by atoms with E-state index in [0.29, 0.717) is 15.7 Å². The number of aromatic nitrogens is 2. The Hall–Kier alpha value is -0.770. The molecule has 0 amide bonds. The number of halogens is 2. The molecule has 2 aromatic heterocycles. The van der Waals surface area contributed by atoms with Gasteiger partial charge in [0, 0.05) is 0 Å². The van der Waals surface area contributed by atoms with Crippen LogP contribution < -0.4 is 0 Å². The van der Waals surface area contributed by atoms with E-state index >= 15 is 0 Å². The zero-order valence-corrected chi connectivity index (χ0v) is 12.0. The molecule has 1 saturated carbocycles. The Bertz CT molecular complexity index is 590. The molecule has 1 fully saturated rings. The van der Waals surface area contributed by atoms with Gasteiger partial charge in [0.2, 0.25) is 0 Å². The fraction of sp³-hybridized carbons (Fsp3) is 0.500. The Balaban J connectivity index is 2.07. The zero-order valence-electron chi connectivity index (χ0n) is 10.5. The monoisotopic (exact) mass is 298 g/mol. The first-order valence-corrected chi connectivity index (χ1v) is 7.42. The fourth-order valence-corrected chi connectivity index (χ4v) is 3.45. The van der Waals surface area contributed by atoms with E-state index in [-0.39, 0.29) is 5.92 Å². The summed E-state index contributed by atoms with van der Waals surface area (Å²) in [6, 6.07) is 1.77. The highest BCUT2D eigenvalue weighted by Crippen LogP contribution is 2.39. The molecule has 2 aromatic rings. The molecule has 1 N–H and O–H groups in total. The Kier molecular flexibility index (Phi) is 3.70. The summed E-state index contributed by atoms with van der Waals surface area (Å²) in [5, 5.41) is 11.6. The van der Waals surface area contributed by atoms with Crippen molar-refractivity contribution >= 4 is 28.7 Å². The Labute approximate surface area is 122 Å². The van der Waals surface area contributed by atoms with Crippen molar-refractivity contribution in [1.29, 1.82) is 0 Å². The van der Waals surface area contributed by atoms with Crippen molar-refractivity contribution in [3.05, 3.63) is 34.3 Å². The quantitative estimate of drug-likeness (QED) is 0.900. The van der Waals surface area contributed by atoms with E-state index in [9.17, 15) is 5.11 Å². The second-order valence-electron chi connectivity index (χ2n) is 5.22. The van der Waals surface area contributed by atoms with E-state index in [1.807, 2.05) is 4.40 Å². The van der Waals surface area contributed by atoms with Crippen molar-refractivity contribution in [2.75, 3.05) is 0 Å². The number of aliphatic hydroxyl groups excluding tert-OH is 1. The van der Waals surface area contributed by atoms with Gasteiger partial charge in [-0.25, -0.2) is 4.98 Å². The van der Waals surface area contributed by atoms with Crippen LogP contribution in [0.1, 0.15) is 43.9 Å². The van der Waals surface area contributed by atoms with Crippen molar-refractivity contribution in [3.8, 4) is 0 Å². The summed E-state index contributed by atoms with van der Waals surface area (Å²) in [5.74, 6) is 0.260. The van der Waals surface area contributed by atoms with Crippen LogP contribution >= 0.6 is 23.2 Å². The molecule has 0 radical (unpaired) electrons. The van der Waals surface area contributed by atoms with Crippen LogP contribution in [-0.4, -0.2) is 14.5 Å². The number of aliphatic hydroxyl groups is 1. The molecule has 0 aliphatic heterocycles. The zero-order chi connectivity index (χ0) is 13.4. The van der Waals surface area contributed by atoms with Gasteiger partial charge in [-0.15, -0.1) is 0 Å². The number of rotatable bonds is 2. The molecule has 102 valence electrons. The van der Waals surface area contributed by atoms with Crippen molar-refractivity contribution < 1.29 is 5.11 Å². The van der Waals surface area contributed by atoms with E-state index in [0.717, 1.165) is 18.4 Å². The first-order valence-electron chi connectivity index (χ1n) is 6.66. The lowest BCUT2D eigenvalue weighted by Gasteiger charge is -2.28. The third kappa shape index (κ3) is 2.35. The van der Waals surface area contributed by atoms with Crippen LogP contribution in [0.2, 0.25) is 10.0 Å². The molecule has 0 aromatic carbocycles. The standard InChI is InChI=1S/C14H16Cl2N2O/c15-11-6-10-7-17-8-18(10)13(12(11)16)14(19)9-4-2-1-3-5-9/h6-9,14,19H,1-5H2/t14-/m1/s1. The van der Waals surface area contributed by atoms with Gasteiger partial charge >= 0.3 is 0 Å². The Morgan fingerprint density at radius 1 is 1.26 bits per heavy atom. The van der Waals surface area contributed by atoms with Crippen LogP contribution in [0.25, 0.3) is 5.52 Å². The normalized spacial score (nSPS) is 18.9. The minimum Gasteiger partial charge on any atom is -0.387 e. The highest BCUT2D eigenvalue weighted by molar-refractivity contribution is 6.42. The number of hydrogen-bond donors (Lipinski definition) is 1. The summed E-state index contributed by atoms with van der Waals surface area (Å²) in [5.41, 5.74) is 1.54. The SMILES string of the molecule is O[C@@H](c1c(Cl)c(Cl)cc2cncn12)C1CCCCC1. The number of hydrogen-bond acceptors (Lipinski definition) is 2. The van der Waals surface area contributed by atoms with Crippen molar-refractivity contribution in [2.45, 2.75) is 38.2 Å². The molecule has 1 aliphatic rings. The third-order valence-corrected chi connectivity index (χ3v) is 4.80. The summed E-state index contributed by atoms with van der Waals surface area (Å²) in [7, 11) is 0. The summed E-state index contributed by atoms with van der Waals surface area (Å²) in [6.45, 7) is 0. The van der Waals surface area contributed by atoms with Crippen LogP contribution in [0.4, 0.5) is 0 Å².